The van der Waals surface area contributed by atoms with Crippen molar-refractivity contribution in [2.75, 3.05) is 6.54 Å². The minimum atomic E-state index is -0.984. The second kappa shape index (κ2) is 5.47. The zero-order valence-electron chi connectivity index (χ0n) is 9.28. The third-order valence-corrected chi connectivity index (χ3v) is 3.10. The van der Waals surface area contributed by atoms with Crippen molar-refractivity contribution in [3.8, 4) is 0 Å². The zero-order valence-corrected chi connectivity index (χ0v) is 10.1. The van der Waals surface area contributed by atoms with Crippen LogP contribution in [-0.4, -0.2) is 23.2 Å². The minimum absolute atomic E-state index is 0. The van der Waals surface area contributed by atoms with Crippen LogP contribution in [0.4, 0.5) is 4.39 Å². The summed E-state index contributed by atoms with van der Waals surface area (Å²) in [6, 6.07) is 6.33. The molecule has 0 bridgehead atoms. The van der Waals surface area contributed by atoms with Gasteiger partial charge in [0.2, 0.25) is 0 Å². The summed E-state index contributed by atoms with van der Waals surface area (Å²) in [7, 11) is 0. The smallest absolute Gasteiger partial charge is 0.324 e. The highest BCUT2D eigenvalue weighted by molar-refractivity contribution is 5.85. The highest BCUT2D eigenvalue weighted by atomic mass is 35.5. The topological polar surface area (TPSA) is 49.3 Å². The summed E-state index contributed by atoms with van der Waals surface area (Å²) >= 11 is 0. The van der Waals surface area contributed by atoms with Crippen molar-refractivity contribution in [3.05, 3.63) is 35.6 Å². The van der Waals surface area contributed by atoms with E-state index in [1.54, 1.807) is 18.2 Å². The summed E-state index contributed by atoms with van der Waals surface area (Å²) in [6.45, 7) is 0.681. The fourth-order valence-corrected chi connectivity index (χ4v) is 2.18. The molecule has 94 valence electrons. The highest BCUT2D eigenvalue weighted by Crippen LogP contribution is 2.25. The first-order valence-corrected chi connectivity index (χ1v) is 5.36. The molecule has 2 N–H and O–H groups in total. The van der Waals surface area contributed by atoms with Crippen LogP contribution in [0, 0.1) is 5.82 Å². The van der Waals surface area contributed by atoms with Crippen LogP contribution in [-0.2, 0) is 11.2 Å². The number of aliphatic carboxylic acids is 1. The zero-order chi connectivity index (χ0) is 11.6. The third-order valence-electron chi connectivity index (χ3n) is 3.10. The maximum Gasteiger partial charge on any atom is 0.324 e. The summed E-state index contributed by atoms with van der Waals surface area (Å²) in [5, 5.41) is 12.2. The predicted molar refractivity (Wildman–Crippen MR) is 65.0 cm³/mol. The second-order valence-corrected chi connectivity index (χ2v) is 4.19. The summed E-state index contributed by atoms with van der Waals surface area (Å²) in [5.74, 6) is -1.23. The van der Waals surface area contributed by atoms with Gasteiger partial charge in [0, 0.05) is 6.42 Å². The third kappa shape index (κ3) is 2.76. The molecule has 1 aromatic carbocycles. The van der Waals surface area contributed by atoms with Crippen molar-refractivity contribution in [2.45, 2.75) is 24.8 Å². The SMILES string of the molecule is Cl.O=C(O)C1(Cc2ccccc2F)CCCN1. The highest BCUT2D eigenvalue weighted by Gasteiger charge is 2.41. The standard InChI is InChI=1S/C12H14FNO2.ClH/c13-10-5-2-1-4-9(10)8-12(11(15)16)6-3-7-14-12;/h1-2,4-5,14H,3,6-8H2,(H,15,16);1H. The fourth-order valence-electron chi connectivity index (χ4n) is 2.18. The Labute approximate surface area is 105 Å². The Morgan fingerprint density at radius 3 is 2.71 bits per heavy atom. The Bertz CT molecular complexity index is 405. The molecular formula is C12H15ClFNO2. The van der Waals surface area contributed by atoms with Gasteiger partial charge in [0.1, 0.15) is 11.4 Å². The van der Waals surface area contributed by atoms with Crippen LogP contribution < -0.4 is 5.32 Å². The lowest BCUT2D eigenvalue weighted by atomic mass is 9.89. The number of rotatable bonds is 3. The molecule has 0 spiro atoms. The van der Waals surface area contributed by atoms with E-state index in [1.807, 2.05) is 0 Å². The van der Waals surface area contributed by atoms with Crippen LogP contribution in [0.15, 0.2) is 24.3 Å². The van der Waals surface area contributed by atoms with Crippen molar-refractivity contribution in [2.24, 2.45) is 0 Å². The lowest BCUT2D eigenvalue weighted by Gasteiger charge is -2.24. The number of hydrogen-bond donors (Lipinski definition) is 2. The van der Waals surface area contributed by atoms with Gasteiger partial charge < -0.3 is 10.4 Å². The van der Waals surface area contributed by atoms with E-state index in [2.05, 4.69) is 5.32 Å². The first-order valence-electron chi connectivity index (χ1n) is 5.36. The van der Waals surface area contributed by atoms with E-state index in [0.717, 1.165) is 6.42 Å². The summed E-state index contributed by atoms with van der Waals surface area (Å²) in [4.78, 5) is 11.3. The first kappa shape index (κ1) is 13.9. The van der Waals surface area contributed by atoms with Gasteiger partial charge in [-0.1, -0.05) is 18.2 Å². The number of benzene rings is 1. The number of carboxylic acid groups (broad SMARTS) is 1. The molecule has 1 unspecified atom stereocenters. The molecule has 5 heteroatoms. The predicted octanol–water partition coefficient (Wildman–Crippen LogP) is 2.00. The molecule has 1 aromatic rings. The number of hydrogen-bond acceptors (Lipinski definition) is 2. The average molecular weight is 260 g/mol. The molecule has 0 amide bonds. The monoisotopic (exact) mass is 259 g/mol. The van der Waals surface area contributed by atoms with Gasteiger partial charge in [-0.3, -0.25) is 4.79 Å². The van der Waals surface area contributed by atoms with Crippen LogP contribution in [0.1, 0.15) is 18.4 Å². The number of halogens is 2. The van der Waals surface area contributed by atoms with Crippen molar-refractivity contribution < 1.29 is 14.3 Å². The molecule has 1 fully saturated rings. The molecule has 1 aliphatic rings. The van der Waals surface area contributed by atoms with Gasteiger partial charge in [0.25, 0.3) is 0 Å². The Balaban J connectivity index is 0.00000144. The Morgan fingerprint density at radius 2 is 2.18 bits per heavy atom. The van der Waals surface area contributed by atoms with Crippen molar-refractivity contribution in [1.29, 1.82) is 0 Å². The van der Waals surface area contributed by atoms with Crippen LogP contribution >= 0.6 is 12.4 Å². The minimum Gasteiger partial charge on any atom is -0.480 e. The molecule has 1 atom stereocenters. The molecule has 0 saturated carbocycles. The first-order chi connectivity index (χ1) is 7.64. The second-order valence-electron chi connectivity index (χ2n) is 4.19. The fraction of sp³-hybridized carbons (Fsp3) is 0.417. The van der Waals surface area contributed by atoms with E-state index in [4.69, 9.17) is 0 Å². The molecule has 1 aliphatic heterocycles. The van der Waals surface area contributed by atoms with Crippen LogP contribution in [0.5, 0.6) is 0 Å². The number of carboxylic acids is 1. The Hall–Kier alpha value is -1.13. The van der Waals surface area contributed by atoms with E-state index in [0.29, 0.717) is 18.5 Å². The van der Waals surface area contributed by atoms with Gasteiger partial charge in [-0.25, -0.2) is 4.39 Å². The van der Waals surface area contributed by atoms with Crippen LogP contribution in [0.25, 0.3) is 0 Å². The molecular weight excluding hydrogens is 245 g/mol. The quantitative estimate of drug-likeness (QED) is 0.873. The molecule has 1 heterocycles. The van der Waals surface area contributed by atoms with Gasteiger partial charge in [-0.15, -0.1) is 12.4 Å². The van der Waals surface area contributed by atoms with Crippen LogP contribution in [0.3, 0.4) is 0 Å². The van der Waals surface area contributed by atoms with E-state index in [9.17, 15) is 14.3 Å². The molecule has 1 saturated heterocycles. The van der Waals surface area contributed by atoms with Crippen molar-refractivity contribution in [1.82, 2.24) is 5.32 Å². The average Bonchev–Trinajstić information content (AvgIpc) is 2.71. The maximum atomic E-state index is 13.5. The maximum absolute atomic E-state index is 13.5. The summed E-state index contributed by atoms with van der Waals surface area (Å²) in [6.07, 6.45) is 1.58. The number of nitrogens with one attached hydrogen (secondary N) is 1. The molecule has 3 nitrogen and oxygen atoms in total. The van der Waals surface area contributed by atoms with Gasteiger partial charge in [0.15, 0.2) is 0 Å². The number of carbonyl (C=O) groups is 1. The van der Waals surface area contributed by atoms with Crippen molar-refractivity contribution in [3.63, 3.8) is 0 Å². The van der Waals surface area contributed by atoms with E-state index in [1.165, 1.54) is 6.07 Å². The van der Waals surface area contributed by atoms with Gasteiger partial charge in [0.05, 0.1) is 0 Å². The summed E-state index contributed by atoms with van der Waals surface area (Å²) in [5.41, 5.74) is -0.526. The molecule has 0 aliphatic carbocycles. The van der Waals surface area contributed by atoms with E-state index >= 15 is 0 Å². The largest absolute Gasteiger partial charge is 0.480 e. The van der Waals surface area contributed by atoms with E-state index < -0.39 is 11.5 Å². The van der Waals surface area contributed by atoms with Crippen LogP contribution in [0.2, 0.25) is 0 Å². The lowest BCUT2D eigenvalue weighted by molar-refractivity contribution is -0.144. The van der Waals surface area contributed by atoms with Gasteiger partial charge in [-0.05, 0) is 31.0 Å². The van der Waals surface area contributed by atoms with Crippen molar-refractivity contribution >= 4 is 18.4 Å². The Kier molecular flexibility index (Phi) is 4.48. The lowest BCUT2D eigenvalue weighted by Crippen LogP contribution is -2.49. The normalized spacial score (nSPS) is 23.1. The Morgan fingerprint density at radius 1 is 1.47 bits per heavy atom. The molecule has 0 aromatic heterocycles. The van der Waals surface area contributed by atoms with E-state index in [-0.39, 0.29) is 24.6 Å². The summed E-state index contributed by atoms with van der Waals surface area (Å²) < 4.78 is 13.5. The molecule has 2 rings (SSSR count). The molecule has 0 radical (unpaired) electrons. The van der Waals surface area contributed by atoms with Gasteiger partial charge in [-0.2, -0.15) is 0 Å². The molecule has 17 heavy (non-hydrogen) atoms. The van der Waals surface area contributed by atoms with Gasteiger partial charge >= 0.3 is 5.97 Å².